The molecule has 5 rings (SSSR count). The van der Waals surface area contributed by atoms with Crippen molar-refractivity contribution in [3.8, 4) is 11.3 Å². The molecular formula is C25H28N4O2. The van der Waals surface area contributed by atoms with Crippen molar-refractivity contribution in [2.45, 2.75) is 45.3 Å². The van der Waals surface area contributed by atoms with Crippen LogP contribution in [0.4, 0.5) is 0 Å². The number of ether oxygens (including phenoxy) is 1. The Hall–Kier alpha value is -2.99. The van der Waals surface area contributed by atoms with Crippen molar-refractivity contribution in [2.75, 3.05) is 13.2 Å². The van der Waals surface area contributed by atoms with Crippen molar-refractivity contribution < 1.29 is 9.53 Å². The molecule has 2 aliphatic rings. The molecule has 2 aromatic carbocycles. The van der Waals surface area contributed by atoms with Gasteiger partial charge in [-0.3, -0.25) is 9.48 Å². The number of carbonyl (C=O) groups excluding carboxylic acids is 1. The minimum Gasteiger partial charge on any atom is -0.376 e. The number of carbonyl (C=O) groups is 1. The molecule has 6 heteroatoms. The largest absolute Gasteiger partial charge is 0.376 e. The second-order valence-corrected chi connectivity index (χ2v) is 8.60. The lowest BCUT2D eigenvalue weighted by Crippen LogP contribution is -2.32. The first kappa shape index (κ1) is 19.9. The van der Waals surface area contributed by atoms with Crippen molar-refractivity contribution in [2.24, 2.45) is 7.05 Å². The van der Waals surface area contributed by atoms with Crippen molar-refractivity contribution in [1.82, 2.24) is 19.9 Å². The number of benzene rings is 2. The molecule has 1 amide bonds. The topological polar surface area (TPSA) is 60.2 Å². The Bertz CT molecular complexity index is 1100. The summed E-state index contributed by atoms with van der Waals surface area (Å²) in [5, 5.41) is 8.19. The number of hydrogen-bond donors (Lipinski definition) is 0. The molecule has 0 bridgehead atoms. The highest BCUT2D eigenvalue weighted by molar-refractivity contribution is 5.98. The third-order valence-corrected chi connectivity index (χ3v) is 6.38. The monoisotopic (exact) mass is 416 g/mol. The summed E-state index contributed by atoms with van der Waals surface area (Å²) in [6.07, 6.45) is 6.03. The van der Waals surface area contributed by atoms with Crippen LogP contribution in [0.15, 0.2) is 42.6 Å². The Morgan fingerprint density at radius 2 is 2.00 bits per heavy atom. The number of fused-ring (bicyclic) bond motifs is 1. The molecule has 1 unspecified atom stereocenters. The van der Waals surface area contributed by atoms with Gasteiger partial charge < -0.3 is 9.64 Å². The molecule has 0 spiro atoms. The summed E-state index contributed by atoms with van der Waals surface area (Å²) in [7, 11) is 1.87. The number of aryl methyl sites for hydroxylation is 2. The van der Waals surface area contributed by atoms with Crippen LogP contribution >= 0.6 is 0 Å². The van der Waals surface area contributed by atoms with E-state index in [2.05, 4.69) is 53.6 Å². The van der Waals surface area contributed by atoms with E-state index in [1.54, 1.807) is 4.68 Å². The molecule has 3 aromatic rings. The van der Waals surface area contributed by atoms with Gasteiger partial charge in [-0.2, -0.15) is 0 Å². The van der Waals surface area contributed by atoms with Crippen molar-refractivity contribution >= 4 is 5.91 Å². The van der Waals surface area contributed by atoms with Gasteiger partial charge in [-0.1, -0.05) is 42.5 Å². The summed E-state index contributed by atoms with van der Waals surface area (Å²) in [4.78, 5) is 15.0. The average Bonchev–Trinajstić information content (AvgIpc) is 3.51. The molecule has 2 aliphatic heterocycles. The van der Waals surface area contributed by atoms with Gasteiger partial charge in [-0.05, 0) is 54.0 Å². The van der Waals surface area contributed by atoms with E-state index in [-0.39, 0.29) is 12.0 Å². The zero-order chi connectivity index (χ0) is 21.4. The minimum atomic E-state index is 0.146. The fraction of sp³-hybridized carbons (Fsp3) is 0.400. The van der Waals surface area contributed by atoms with Crippen LogP contribution in [0, 0.1) is 0 Å². The molecule has 0 aliphatic carbocycles. The number of nitrogens with zero attached hydrogens (tertiary/aromatic N) is 4. The normalized spacial score (nSPS) is 18.1. The Kier molecular flexibility index (Phi) is 5.32. The fourth-order valence-electron chi connectivity index (χ4n) is 4.69. The van der Waals surface area contributed by atoms with Crippen LogP contribution in [0.5, 0.6) is 0 Å². The SMILES string of the molecule is CCc1cc2c(cc1Cc1ccc(-c3cn(C)nn3)cc1)C(=O)N(CC1CCCO1)C2. The highest BCUT2D eigenvalue weighted by atomic mass is 16.5. The first-order chi connectivity index (χ1) is 15.1. The number of aromatic nitrogens is 3. The quantitative estimate of drug-likeness (QED) is 0.614. The highest BCUT2D eigenvalue weighted by Gasteiger charge is 2.31. The Balaban J connectivity index is 1.35. The van der Waals surface area contributed by atoms with Gasteiger partial charge in [-0.25, -0.2) is 0 Å². The summed E-state index contributed by atoms with van der Waals surface area (Å²) >= 11 is 0. The van der Waals surface area contributed by atoms with E-state index in [0.29, 0.717) is 13.1 Å². The molecule has 1 atom stereocenters. The van der Waals surface area contributed by atoms with E-state index >= 15 is 0 Å². The second kappa shape index (κ2) is 8.27. The zero-order valence-corrected chi connectivity index (χ0v) is 18.2. The van der Waals surface area contributed by atoms with E-state index in [9.17, 15) is 4.79 Å². The second-order valence-electron chi connectivity index (χ2n) is 8.60. The molecular weight excluding hydrogens is 388 g/mol. The lowest BCUT2D eigenvalue weighted by molar-refractivity contribution is 0.0545. The van der Waals surface area contributed by atoms with Crippen LogP contribution < -0.4 is 0 Å². The number of rotatable bonds is 6. The lowest BCUT2D eigenvalue weighted by atomic mass is 9.93. The van der Waals surface area contributed by atoms with Crippen molar-refractivity contribution in [3.63, 3.8) is 0 Å². The van der Waals surface area contributed by atoms with Crippen molar-refractivity contribution in [1.29, 1.82) is 0 Å². The van der Waals surface area contributed by atoms with Crippen molar-refractivity contribution in [3.05, 3.63) is 70.4 Å². The maximum atomic E-state index is 13.0. The molecule has 160 valence electrons. The lowest BCUT2D eigenvalue weighted by Gasteiger charge is -2.19. The minimum absolute atomic E-state index is 0.146. The molecule has 0 N–H and O–H groups in total. The first-order valence-corrected chi connectivity index (χ1v) is 11.1. The third kappa shape index (κ3) is 4.00. The maximum absolute atomic E-state index is 13.0. The molecule has 0 saturated carbocycles. The molecule has 1 saturated heterocycles. The molecule has 3 heterocycles. The van der Waals surface area contributed by atoms with Gasteiger partial charge in [-0.15, -0.1) is 5.10 Å². The smallest absolute Gasteiger partial charge is 0.254 e. The maximum Gasteiger partial charge on any atom is 0.254 e. The van der Waals surface area contributed by atoms with E-state index in [0.717, 1.165) is 54.7 Å². The molecule has 1 aromatic heterocycles. The van der Waals surface area contributed by atoms with Crippen LogP contribution in [0.3, 0.4) is 0 Å². The highest BCUT2D eigenvalue weighted by Crippen LogP contribution is 2.29. The van der Waals surface area contributed by atoms with Gasteiger partial charge in [0.1, 0.15) is 5.69 Å². The van der Waals surface area contributed by atoms with Gasteiger partial charge in [0.25, 0.3) is 5.91 Å². The molecule has 31 heavy (non-hydrogen) atoms. The average molecular weight is 417 g/mol. The number of amides is 1. The van der Waals surface area contributed by atoms with Crippen LogP contribution in [0.1, 0.15) is 52.4 Å². The van der Waals surface area contributed by atoms with Gasteiger partial charge in [0.15, 0.2) is 0 Å². The summed E-state index contributed by atoms with van der Waals surface area (Å²) < 4.78 is 7.46. The van der Waals surface area contributed by atoms with E-state index in [1.807, 2.05) is 18.1 Å². The van der Waals surface area contributed by atoms with Gasteiger partial charge >= 0.3 is 0 Å². The summed E-state index contributed by atoms with van der Waals surface area (Å²) in [6.45, 7) is 4.41. The van der Waals surface area contributed by atoms with Crippen LogP contribution in [0.25, 0.3) is 11.3 Å². The molecule has 0 radical (unpaired) electrons. The standard InChI is InChI=1S/C25H28N4O2/c1-3-18-12-21-14-29(15-22-5-4-10-31-22)25(30)23(21)13-20(18)11-17-6-8-19(9-7-17)24-16-28(2)27-26-24/h6-9,12-13,16,22H,3-5,10-11,14-15H2,1-2H3. The summed E-state index contributed by atoms with van der Waals surface area (Å²) in [5.41, 5.74) is 7.73. The van der Waals surface area contributed by atoms with Gasteiger partial charge in [0.2, 0.25) is 0 Å². The van der Waals surface area contributed by atoms with Crippen LogP contribution in [-0.4, -0.2) is 45.1 Å². The summed E-state index contributed by atoms with van der Waals surface area (Å²) in [6, 6.07) is 12.8. The summed E-state index contributed by atoms with van der Waals surface area (Å²) in [5.74, 6) is 0.146. The molecule has 1 fully saturated rings. The molecule has 6 nitrogen and oxygen atoms in total. The Labute approximate surface area is 182 Å². The number of hydrogen-bond acceptors (Lipinski definition) is 4. The first-order valence-electron chi connectivity index (χ1n) is 11.1. The van der Waals surface area contributed by atoms with Crippen LogP contribution in [0.2, 0.25) is 0 Å². The van der Waals surface area contributed by atoms with Gasteiger partial charge in [0, 0.05) is 37.9 Å². The predicted molar refractivity (Wildman–Crippen MR) is 119 cm³/mol. The van der Waals surface area contributed by atoms with E-state index < -0.39 is 0 Å². The van der Waals surface area contributed by atoms with Crippen LogP contribution in [-0.2, 0) is 31.2 Å². The van der Waals surface area contributed by atoms with E-state index in [4.69, 9.17) is 4.74 Å². The fourth-order valence-corrected chi connectivity index (χ4v) is 4.69. The Morgan fingerprint density at radius 1 is 1.16 bits per heavy atom. The third-order valence-electron chi connectivity index (χ3n) is 6.38. The Morgan fingerprint density at radius 3 is 2.68 bits per heavy atom. The zero-order valence-electron chi connectivity index (χ0n) is 18.2. The van der Waals surface area contributed by atoms with Gasteiger partial charge in [0.05, 0.1) is 12.3 Å². The van der Waals surface area contributed by atoms with E-state index in [1.165, 1.54) is 16.7 Å². The predicted octanol–water partition coefficient (Wildman–Crippen LogP) is 3.77.